The molecule has 7 heteroatoms. The standard InChI is InChI=1S/C17H26BrClN2O2S/c1-13-6-9-21(10-7-13)11-8-14(2)20(3)24(22,23)15-4-5-17(19)16(18)12-15/h4-5,12-14H,6-11H2,1-3H3/t14-/m1/s1. The Kier molecular flexibility index (Phi) is 7.14. The van der Waals surface area contributed by atoms with Gasteiger partial charge in [-0.05, 0) is 85.9 Å². The zero-order chi connectivity index (χ0) is 17.9. The smallest absolute Gasteiger partial charge is 0.243 e. The lowest BCUT2D eigenvalue weighted by atomic mass is 9.99. The number of nitrogens with zero attached hydrogens (tertiary/aromatic N) is 2. The van der Waals surface area contributed by atoms with Crippen LogP contribution in [0.1, 0.15) is 33.1 Å². The van der Waals surface area contributed by atoms with Crippen LogP contribution in [0.3, 0.4) is 0 Å². The Labute approximate surface area is 159 Å². The highest BCUT2D eigenvalue weighted by Gasteiger charge is 2.26. The van der Waals surface area contributed by atoms with Gasteiger partial charge in [-0.2, -0.15) is 4.31 Å². The molecular weight excluding hydrogens is 412 g/mol. The fourth-order valence-electron chi connectivity index (χ4n) is 2.88. The summed E-state index contributed by atoms with van der Waals surface area (Å²) in [6.45, 7) is 7.45. The highest BCUT2D eigenvalue weighted by Crippen LogP contribution is 2.27. The number of rotatable bonds is 6. The van der Waals surface area contributed by atoms with Crippen molar-refractivity contribution in [3.05, 3.63) is 27.7 Å². The second-order valence-corrected chi connectivity index (χ2v) is 10.0. The predicted molar refractivity (Wildman–Crippen MR) is 103 cm³/mol. The summed E-state index contributed by atoms with van der Waals surface area (Å²) < 4.78 is 27.6. The van der Waals surface area contributed by atoms with Gasteiger partial charge in [0, 0.05) is 17.6 Å². The van der Waals surface area contributed by atoms with Gasteiger partial charge in [0.1, 0.15) is 0 Å². The maximum Gasteiger partial charge on any atom is 0.243 e. The van der Waals surface area contributed by atoms with Crippen molar-refractivity contribution in [3.8, 4) is 0 Å². The summed E-state index contributed by atoms with van der Waals surface area (Å²) in [6, 6.07) is 4.67. The minimum absolute atomic E-state index is 0.0520. The Morgan fingerprint density at radius 1 is 1.38 bits per heavy atom. The molecule has 0 spiro atoms. The van der Waals surface area contributed by atoms with E-state index in [2.05, 4.69) is 27.8 Å². The summed E-state index contributed by atoms with van der Waals surface area (Å²) in [5, 5.41) is 0.504. The molecule has 0 bridgehead atoms. The monoisotopic (exact) mass is 436 g/mol. The molecule has 0 saturated carbocycles. The molecule has 136 valence electrons. The van der Waals surface area contributed by atoms with Crippen LogP contribution in [0.4, 0.5) is 0 Å². The topological polar surface area (TPSA) is 40.6 Å². The van der Waals surface area contributed by atoms with E-state index in [1.807, 2.05) is 6.92 Å². The molecule has 0 amide bonds. The average molecular weight is 438 g/mol. The van der Waals surface area contributed by atoms with Crippen LogP contribution in [0, 0.1) is 5.92 Å². The normalized spacial score (nSPS) is 18.9. The Balaban J connectivity index is 1.98. The lowest BCUT2D eigenvalue weighted by molar-refractivity contribution is 0.179. The van der Waals surface area contributed by atoms with Gasteiger partial charge in [0.05, 0.1) is 9.92 Å². The summed E-state index contributed by atoms with van der Waals surface area (Å²) in [6.07, 6.45) is 3.31. The molecular formula is C17H26BrClN2O2S. The third kappa shape index (κ3) is 4.94. The van der Waals surface area contributed by atoms with Crippen LogP contribution in [0.25, 0.3) is 0 Å². The lowest BCUT2D eigenvalue weighted by Crippen LogP contribution is -2.39. The number of piperidine rings is 1. The Hall–Kier alpha value is -0.140. The van der Waals surface area contributed by atoms with Crippen LogP contribution in [0.5, 0.6) is 0 Å². The molecule has 2 rings (SSSR count). The summed E-state index contributed by atoms with van der Waals surface area (Å²) >= 11 is 9.25. The number of sulfonamides is 1. The number of benzene rings is 1. The first-order valence-electron chi connectivity index (χ1n) is 8.37. The van der Waals surface area contributed by atoms with Gasteiger partial charge < -0.3 is 4.90 Å². The van der Waals surface area contributed by atoms with Gasteiger partial charge in [0.2, 0.25) is 10.0 Å². The third-order valence-corrected chi connectivity index (χ3v) is 8.11. The van der Waals surface area contributed by atoms with Gasteiger partial charge in [0.25, 0.3) is 0 Å². The Morgan fingerprint density at radius 2 is 2.00 bits per heavy atom. The molecule has 0 aliphatic carbocycles. The van der Waals surface area contributed by atoms with E-state index < -0.39 is 10.0 Å². The number of likely N-dealkylation sites (tertiary alicyclic amines) is 1. The van der Waals surface area contributed by atoms with Crippen molar-refractivity contribution in [1.29, 1.82) is 0 Å². The van der Waals surface area contributed by atoms with Crippen LogP contribution in [0.2, 0.25) is 5.02 Å². The summed E-state index contributed by atoms with van der Waals surface area (Å²) in [4.78, 5) is 2.70. The van der Waals surface area contributed by atoms with E-state index in [1.54, 1.807) is 25.2 Å². The van der Waals surface area contributed by atoms with E-state index in [4.69, 9.17) is 11.6 Å². The Morgan fingerprint density at radius 3 is 2.58 bits per heavy atom. The highest BCUT2D eigenvalue weighted by atomic mass is 79.9. The second-order valence-electron chi connectivity index (χ2n) is 6.76. The van der Waals surface area contributed by atoms with Crippen molar-refractivity contribution < 1.29 is 8.42 Å². The first-order valence-corrected chi connectivity index (χ1v) is 11.0. The van der Waals surface area contributed by atoms with Gasteiger partial charge in [-0.3, -0.25) is 0 Å². The molecule has 1 aliphatic heterocycles. The molecule has 1 aromatic rings. The van der Waals surface area contributed by atoms with Gasteiger partial charge in [-0.25, -0.2) is 8.42 Å². The SMILES string of the molecule is CC1CCN(CC[C@@H](C)N(C)S(=O)(=O)c2ccc(Cl)c(Br)c2)CC1. The molecule has 0 unspecified atom stereocenters. The molecule has 4 nitrogen and oxygen atoms in total. The van der Waals surface area contributed by atoms with Gasteiger partial charge in [0.15, 0.2) is 0 Å². The van der Waals surface area contributed by atoms with E-state index in [1.165, 1.54) is 17.1 Å². The zero-order valence-electron chi connectivity index (χ0n) is 14.5. The molecule has 1 aliphatic rings. The van der Waals surface area contributed by atoms with Crippen molar-refractivity contribution in [2.75, 3.05) is 26.7 Å². The lowest BCUT2D eigenvalue weighted by Gasteiger charge is -2.32. The quantitative estimate of drug-likeness (QED) is 0.668. The first kappa shape index (κ1) is 20.2. The van der Waals surface area contributed by atoms with E-state index in [0.717, 1.165) is 32.0 Å². The van der Waals surface area contributed by atoms with Crippen molar-refractivity contribution in [3.63, 3.8) is 0 Å². The van der Waals surface area contributed by atoms with Crippen LogP contribution < -0.4 is 0 Å². The zero-order valence-corrected chi connectivity index (χ0v) is 17.7. The molecule has 1 atom stereocenters. The molecule has 0 radical (unpaired) electrons. The molecule has 1 aromatic carbocycles. The largest absolute Gasteiger partial charge is 0.303 e. The minimum atomic E-state index is -3.51. The summed E-state index contributed by atoms with van der Waals surface area (Å²) in [5.74, 6) is 0.810. The van der Waals surface area contributed by atoms with Gasteiger partial charge >= 0.3 is 0 Å². The van der Waals surface area contributed by atoms with Crippen molar-refractivity contribution >= 4 is 37.6 Å². The fourth-order valence-corrected chi connectivity index (χ4v) is 4.94. The van der Waals surface area contributed by atoms with Gasteiger partial charge in [-0.15, -0.1) is 0 Å². The predicted octanol–water partition coefficient (Wildman–Crippen LogP) is 4.23. The number of hydrogen-bond donors (Lipinski definition) is 0. The summed E-state index contributed by atoms with van der Waals surface area (Å²) in [7, 11) is -1.86. The molecule has 1 heterocycles. The number of hydrogen-bond acceptors (Lipinski definition) is 3. The summed E-state index contributed by atoms with van der Waals surface area (Å²) in [5.41, 5.74) is 0. The van der Waals surface area contributed by atoms with Crippen LogP contribution in [-0.2, 0) is 10.0 Å². The van der Waals surface area contributed by atoms with Crippen LogP contribution in [-0.4, -0.2) is 50.3 Å². The Bertz CT molecular complexity index is 661. The highest BCUT2D eigenvalue weighted by molar-refractivity contribution is 9.10. The first-order chi connectivity index (χ1) is 11.2. The van der Waals surface area contributed by atoms with Gasteiger partial charge in [-0.1, -0.05) is 18.5 Å². The van der Waals surface area contributed by atoms with E-state index in [9.17, 15) is 8.42 Å². The van der Waals surface area contributed by atoms with Crippen molar-refractivity contribution in [2.24, 2.45) is 5.92 Å². The van der Waals surface area contributed by atoms with E-state index >= 15 is 0 Å². The average Bonchev–Trinajstić information content (AvgIpc) is 2.55. The van der Waals surface area contributed by atoms with Crippen molar-refractivity contribution in [2.45, 2.75) is 44.0 Å². The van der Waals surface area contributed by atoms with Crippen LogP contribution in [0.15, 0.2) is 27.6 Å². The molecule has 24 heavy (non-hydrogen) atoms. The minimum Gasteiger partial charge on any atom is -0.303 e. The second kappa shape index (κ2) is 8.49. The molecule has 1 saturated heterocycles. The molecule has 1 fully saturated rings. The van der Waals surface area contributed by atoms with Crippen LogP contribution >= 0.6 is 27.5 Å². The van der Waals surface area contributed by atoms with E-state index in [-0.39, 0.29) is 10.9 Å². The molecule has 0 N–H and O–H groups in total. The maximum atomic E-state index is 12.8. The maximum absolute atomic E-state index is 12.8. The van der Waals surface area contributed by atoms with E-state index in [0.29, 0.717) is 9.50 Å². The third-order valence-electron chi connectivity index (χ3n) is 4.93. The number of halogens is 2. The molecule has 0 aromatic heterocycles. The van der Waals surface area contributed by atoms with Crippen molar-refractivity contribution in [1.82, 2.24) is 9.21 Å². The fraction of sp³-hybridized carbons (Fsp3) is 0.647.